The largest absolute Gasteiger partial charge is 0.303 e. The van der Waals surface area contributed by atoms with Crippen LogP contribution in [0.15, 0.2) is 29.2 Å². The molecule has 1 aromatic carbocycles. The van der Waals surface area contributed by atoms with Gasteiger partial charge in [0, 0.05) is 25.7 Å². The quantitative estimate of drug-likeness (QED) is 0.791. The van der Waals surface area contributed by atoms with Crippen molar-refractivity contribution in [1.82, 2.24) is 14.5 Å². The number of hydrogen-bond donors (Lipinski definition) is 1. The van der Waals surface area contributed by atoms with E-state index in [1.807, 2.05) is 19.1 Å². The molecule has 1 unspecified atom stereocenters. The molecule has 1 aromatic rings. The van der Waals surface area contributed by atoms with Gasteiger partial charge in [-0.25, -0.2) is 13.1 Å². The van der Waals surface area contributed by atoms with Gasteiger partial charge in [-0.2, -0.15) is 0 Å². The van der Waals surface area contributed by atoms with E-state index >= 15 is 0 Å². The number of hydrogen-bond acceptors (Lipinski definition) is 4. The molecule has 5 rings (SSSR count). The lowest BCUT2D eigenvalue weighted by Crippen LogP contribution is -2.58. The van der Waals surface area contributed by atoms with Crippen LogP contribution in [-0.4, -0.2) is 63.5 Å². The number of piperidine rings is 4. The van der Waals surface area contributed by atoms with E-state index in [1.54, 1.807) is 12.1 Å². The molecule has 2 bridgehead atoms. The van der Waals surface area contributed by atoms with E-state index in [4.69, 9.17) is 0 Å². The summed E-state index contributed by atoms with van der Waals surface area (Å²) < 4.78 is 28.1. The van der Waals surface area contributed by atoms with Crippen LogP contribution in [0.3, 0.4) is 0 Å². The molecule has 4 heterocycles. The molecule has 4 fully saturated rings. The molecule has 4 saturated heterocycles. The number of fused-ring (bicyclic) bond motifs is 3. The summed E-state index contributed by atoms with van der Waals surface area (Å²) in [6, 6.07) is 7.44. The van der Waals surface area contributed by atoms with Crippen LogP contribution in [-0.2, 0) is 10.0 Å². The van der Waals surface area contributed by atoms with Gasteiger partial charge in [0.05, 0.1) is 4.90 Å². The molecule has 28 heavy (non-hydrogen) atoms. The molecule has 6 heteroatoms. The van der Waals surface area contributed by atoms with Crippen molar-refractivity contribution in [2.24, 2.45) is 17.8 Å². The van der Waals surface area contributed by atoms with Crippen molar-refractivity contribution in [2.45, 2.75) is 50.5 Å². The molecule has 156 valence electrons. The van der Waals surface area contributed by atoms with Crippen LogP contribution in [0.5, 0.6) is 0 Å². The van der Waals surface area contributed by atoms with Crippen LogP contribution in [0.4, 0.5) is 0 Å². The summed E-state index contributed by atoms with van der Waals surface area (Å²) in [7, 11) is -3.42. The molecule has 4 atom stereocenters. The Morgan fingerprint density at radius 3 is 2.43 bits per heavy atom. The van der Waals surface area contributed by atoms with Gasteiger partial charge in [-0.05, 0) is 82.1 Å². The zero-order chi connectivity index (χ0) is 19.7. The molecule has 0 radical (unpaired) electrons. The monoisotopic (exact) mass is 405 g/mol. The average Bonchev–Trinajstić information content (AvgIpc) is 2.69. The zero-order valence-electron chi connectivity index (χ0n) is 17.3. The lowest BCUT2D eigenvalue weighted by atomic mass is 9.75. The van der Waals surface area contributed by atoms with Gasteiger partial charge in [-0.1, -0.05) is 24.6 Å². The average molecular weight is 406 g/mol. The molecule has 0 saturated carbocycles. The van der Waals surface area contributed by atoms with E-state index in [1.165, 1.54) is 38.9 Å². The minimum atomic E-state index is -3.42. The van der Waals surface area contributed by atoms with Gasteiger partial charge in [-0.3, -0.25) is 4.90 Å². The maximum Gasteiger partial charge on any atom is 0.240 e. The Morgan fingerprint density at radius 1 is 1.07 bits per heavy atom. The highest BCUT2D eigenvalue weighted by atomic mass is 32.2. The van der Waals surface area contributed by atoms with Gasteiger partial charge in [0.15, 0.2) is 0 Å². The third kappa shape index (κ3) is 4.61. The Balaban J connectivity index is 1.30. The molecule has 1 N–H and O–H groups in total. The predicted molar refractivity (Wildman–Crippen MR) is 113 cm³/mol. The molecule has 4 aliphatic heterocycles. The van der Waals surface area contributed by atoms with Gasteiger partial charge in [0.25, 0.3) is 0 Å². The van der Waals surface area contributed by atoms with Gasteiger partial charge in [0.1, 0.15) is 0 Å². The van der Waals surface area contributed by atoms with E-state index < -0.39 is 10.0 Å². The summed E-state index contributed by atoms with van der Waals surface area (Å²) >= 11 is 0. The fourth-order valence-electron chi connectivity index (χ4n) is 5.25. The predicted octanol–water partition coefficient (Wildman–Crippen LogP) is 2.72. The number of rotatable bonds is 6. The summed E-state index contributed by atoms with van der Waals surface area (Å²) in [5, 5.41) is 0. The number of aryl methyl sites for hydroxylation is 1. The summed E-state index contributed by atoms with van der Waals surface area (Å²) in [5.74, 6) is 2.39. The fraction of sp³-hybridized carbons (Fsp3) is 0.727. The number of benzene rings is 1. The summed E-state index contributed by atoms with van der Waals surface area (Å²) in [4.78, 5) is 5.57. The lowest BCUT2D eigenvalue weighted by Gasteiger charge is -2.51. The number of likely N-dealkylation sites (tertiary alicyclic amines) is 1. The van der Waals surface area contributed by atoms with Crippen LogP contribution < -0.4 is 4.72 Å². The molecule has 0 spiro atoms. The van der Waals surface area contributed by atoms with Crippen LogP contribution in [0.2, 0.25) is 0 Å². The molecular formula is C22H35N3O2S. The molecule has 5 nitrogen and oxygen atoms in total. The van der Waals surface area contributed by atoms with Crippen molar-refractivity contribution >= 4 is 10.0 Å². The second kappa shape index (κ2) is 8.42. The smallest absolute Gasteiger partial charge is 0.240 e. The van der Waals surface area contributed by atoms with Crippen molar-refractivity contribution in [1.29, 1.82) is 0 Å². The first kappa shape index (κ1) is 20.3. The standard InChI is InChI=1S/C22H35N3O2S/c1-17-3-5-22(6-4-17)28(26,27)23-14-21-13-19-9-12-25(21)16-20(19)15-24-10-7-18(2)8-11-24/h3-6,18-21,23H,7-16H2,1-2H3/t19-,20+,21+/m1/s1. The van der Waals surface area contributed by atoms with Crippen molar-refractivity contribution in [3.05, 3.63) is 29.8 Å². The highest BCUT2D eigenvalue weighted by molar-refractivity contribution is 7.89. The van der Waals surface area contributed by atoms with Crippen LogP contribution in [0, 0.1) is 24.7 Å². The molecule has 0 aromatic heterocycles. The Hall–Kier alpha value is -0.950. The van der Waals surface area contributed by atoms with E-state index in [0.29, 0.717) is 17.5 Å². The van der Waals surface area contributed by atoms with E-state index in [0.717, 1.165) is 42.8 Å². The zero-order valence-corrected chi connectivity index (χ0v) is 18.1. The topological polar surface area (TPSA) is 52.7 Å². The third-order valence-corrected chi connectivity index (χ3v) is 8.66. The van der Waals surface area contributed by atoms with E-state index in [9.17, 15) is 8.42 Å². The third-order valence-electron chi connectivity index (χ3n) is 7.22. The van der Waals surface area contributed by atoms with Gasteiger partial charge in [-0.15, -0.1) is 0 Å². The van der Waals surface area contributed by atoms with Crippen molar-refractivity contribution < 1.29 is 8.42 Å². The molecular weight excluding hydrogens is 370 g/mol. The van der Waals surface area contributed by atoms with Crippen molar-refractivity contribution in [3.63, 3.8) is 0 Å². The van der Waals surface area contributed by atoms with E-state index in [2.05, 4.69) is 21.4 Å². The van der Waals surface area contributed by atoms with Crippen LogP contribution in [0.25, 0.3) is 0 Å². The van der Waals surface area contributed by atoms with Gasteiger partial charge in [0.2, 0.25) is 10.0 Å². The number of sulfonamides is 1. The first-order valence-corrected chi connectivity index (χ1v) is 12.4. The molecule has 0 amide bonds. The normalized spacial score (nSPS) is 31.9. The SMILES string of the molecule is Cc1ccc(S(=O)(=O)NC[C@@H]2C[C@H]3CCN2C[C@@H]3CN2CCC(C)CC2)cc1. The lowest BCUT2D eigenvalue weighted by molar-refractivity contribution is -0.0136. The Bertz CT molecular complexity index is 756. The first-order valence-electron chi connectivity index (χ1n) is 10.9. The van der Waals surface area contributed by atoms with Crippen molar-refractivity contribution in [3.8, 4) is 0 Å². The minimum Gasteiger partial charge on any atom is -0.303 e. The second-order valence-electron chi connectivity index (χ2n) is 9.34. The van der Waals surface area contributed by atoms with Gasteiger partial charge >= 0.3 is 0 Å². The fourth-order valence-corrected chi connectivity index (χ4v) is 6.32. The van der Waals surface area contributed by atoms with Gasteiger partial charge < -0.3 is 4.90 Å². The molecule has 0 aliphatic carbocycles. The summed E-state index contributed by atoms with van der Waals surface area (Å²) in [6.45, 7) is 10.9. The van der Waals surface area contributed by atoms with Crippen LogP contribution >= 0.6 is 0 Å². The van der Waals surface area contributed by atoms with Crippen molar-refractivity contribution in [2.75, 3.05) is 39.3 Å². The summed E-state index contributed by atoms with van der Waals surface area (Å²) in [6.07, 6.45) is 5.08. The van der Waals surface area contributed by atoms with Crippen LogP contribution in [0.1, 0.15) is 38.2 Å². The second-order valence-corrected chi connectivity index (χ2v) is 11.1. The highest BCUT2D eigenvalue weighted by Crippen LogP contribution is 2.37. The Labute approximate surface area is 170 Å². The number of nitrogens with zero attached hydrogens (tertiary/aromatic N) is 2. The first-order chi connectivity index (χ1) is 13.4. The minimum absolute atomic E-state index is 0.344. The highest BCUT2D eigenvalue weighted by Gasteiger charge is 2.40. The van der Waals surface area contributed by atoms with E-state index in [-0.39, 0.29) is 0 Å². The summed E-state index contributed by atoms with van der Waals surface area (Å²) in [5.41, 5.74) is 1.07. The maximum absolute atomic E-state index is 12.6. The molecule has 4 aliphatic rings. The number of nitrogens with one attached hydrogen (secondary N) is 1. The Morgan fingerprint density at radius 2 is 1.79 bits per heavy atom. The maximum atomic E-state index is 12.6. The Kier molecular flexibility index (Phi) is 6.12.